The molecule has 22 heavy (non-hydrogen) atoms. The van der Waals surface area contributed by atoms with Gasteiger partial charge in [0.25, 0.3) is 0 Å². The Balaban J connectivity index is 1.96. The van der Waals surface area contributed by atoms with E-state index in [1.165, 1.54) is 37.7 Å². The number of nitrogens with one attached hydrogen (secondary N) is 2. The van der Waals surface area contributed by atoms with Gasteiger partial charge in [-0.05, 0) is 44.2 Å². The second kappa shape index (κ2) is 8.76. The van der Waals surface area contributed by atoms with Crippen molar-refractivity contribution < 1.29 is 0 Å². The van der Waals surface area contributed by atoms with Crippen LogP contribution in [0.1, 0.15) is 57.2 Å². The highest BCUT2D eigenvalue weighted by atomic mass is 15.2. The SMILES string of the molecule is CCNC(=NCc1ncccc1C)NC1CCCC(CC)C1. The maximum absolute atomic E-state index is 4.72. The van der Waals surface area contributed by atoms with E-state index in [2.05, 4.69) is 42.5 Å². The Labute approximate surface area is 134 Å². The molecule has 0 aromatic carbocycles. The first-order valence-electron chi connectivity index (χ1n) is 8.68. The van der Waals surface area contributed by atoms with Gasteiger partial charge < -0.3 is 10.6 Å². The number of rotatable bonds is 5. The fourth-order valence-corrected chi connectivity index (χ4v) is 3.14. The van der Waals surface area contributed by atoms with E-state index in [0.29, 0.717) is 12.6 Å². The summed E-state index contributed by atoms with van der Waals surface area (Å²) in [6, 6.07) is 4.62. The van der Waals surface area contributed by atoms with Crippen molar-refractivity contribution in [3.8, 4) is 0 Å². The first-order valence-corrected chi connectivity index (χ1v) is 8.68. The average molecular weight is 302 g/mol. The number of aryl methyl sites for hydroxylation is 1. The molecule has 1 heterocycles. The number of hydrogen-bond donors (Lipinski definition) is 2. The van der Waals surface area contributed by atoms with Crippen LogP contribution in [0.5, 0.6) is 0 Å². The lowest BCUT2D eigenvalue weighted by Gasteiger charge is -2.30. The van der Waals surface area contributed by atoms with Gasteiger partial charge in [-0.25, -0.2) is 4.99 Å². The van der Waals surface area contributed by atoms with Crippen LogP contribution in [0.3, 0.4) is 0 Å². The molecule has 0 aliphatic heterocycles. The van der Waals surface area contributed by atoms with Gasteiger partial charge in [-0.3, -0.25) is 4.98 Å². The topological polar surface area (TPSA) is 49.3 Å². The molecule has 0 bridgehead atoms. The molecule has 2 rings (SSSR count). The van der Waals surface area contributed by atoms with Crippen molar-refractivity contribution in [3.63, 3.8) is 0 Å². The van der Waals surface area contributed by atoms with E-state index in [-0.39, 0.29) is 0 Å². The predicted molar refractivity (Wildman–Crippen MR) is 93.0 cm³/mol. The zero-order valence-corrected chi connectivity index (χ0v) is 14.2. The quantitative estimate of drug-likeness (QED) is 0.647. The van der Waals surface area contributed by atoms with Gasteiger partial charge >= 0.3 is 0 Å². The van der Waals surface area contributed by atoms with E-state index in [1.807, 2.05) is 12.3 Å². The number of aromatic nitrogens is 1. The van der Waals surface area contributed by atoms with Crippen LogP contribution in [-0.2, 0) is 6.54 Å². The van der Waals surface area contributed by atoms with Gasteiger partial charge in [-0.2, -0.15) is 0 Å². The first kappa shape index (κ1) is 16.8. The van der Waals surface area contributed by atoms with E-state index in [4.69, 9.17) is 4.99 Å². The van der Waals surface area contributed by atoms with Gasteiger partial charge in [-0.15, -0.1) is 0 Å². The normalized spacial score (nSPS) is 22.4. The molecule has 1 fully saturated rings. The third-order valence-corrected chi connectivity index (χ3v) is 4.55. The maximum Gasteiger partial charge on any atom is 0.191 e. The number of hydrogen-bond acceptors (Lipinski definition) is 2. The van der Waals surface area contributed by atoms with Crippen LogP contribution in [0, 0.1) is 12.8 Å². The van der Waals surface area contributed by atoms with Gasteiger partial charge in [0.1, 0.15) is 0 Å². The highest BCUT2D eigenvalue weighted by molar-refractivity contribution is 5.80. The summed E-state index contributed by atoms with van der Waals surface area (Å²) in [6.07, 6.45) is 8.36. The molecule has 0 saturated heterocycles. The minimum atomic E-state index is 0.557. The molecule has 2 unspecified atom stereocenters. The predicted octanol–water partition coefficient (Wildman–Crippen LogP) is 3.41. The highest BCUT2D eigenvalue weighted by Crippen LogP contribution is 2.26. The molecular formula is C18H30N4. The molecule has 1 aromatic rings. The summed E-state index contributed by atoms with van der Waals surface area (Å²) < 4.78 is 0. The van der Waals surface area contributed by atoms with E-state index < -0.39 is 0 Å². The lowest BCUT2D eigenvalue weighted by molar-refractivity contribution is 0.298. The molecule has 1 aromatic heterocycles. The molecular weight excluding hydrogens is 272 g/mol. The van der Waals surface area contributed by atoms with Gasteiger partial charge in [0.05, 0.1) is 12.2 Å². The molecule has 1 aliphatic rings. The molecule has 4 heteroatoms. The smallest absolute Gasteiger partial charge is 0.191 e. The monoisotopic (exact) mass is 302 g/mol. The molecule has 0 radical (unpaired) electrons. The Bertz CT molecular complexity index is 484. The van der Waals surface area contributed by atoms with Crippen LogP contribution in [0.15, 0.2) is 23.3 Å². The number of nitrogens with zero attached hydrogens (tertiary/aromatic N) is 2. The molecule has 0 spiro atoms. The summed E-state index contributed by atoms with van der Waals surface area (Å²) in [5.74, 6) is 1.79. The molecule has 4 nitrogen and oxygen atoms in total. The fraction of sp³-hybridized carbons (Fsp3) is 0.667. The van der Waals surface area contributed by atoms with Crippen molar-refractivity contribution in [3.05, 3.63) is 29.6 Å². The lowest BCUT2D eigenvalue weighted by Crippen LogP contribution is -2.45. The Kier molecular flexibility index (Phi) is 6.69. The molecule has 122 valence electrons. The van der Waals surface area contributed by atoms with Crippen molar-refractivity contribution in [2.45, 2.75) is 65.5 Å². The summed E-state index contributed by atoms with van der Waals surface area (Å²) in [5.41, 5.74) is 2.25. The van der Waals surface area contributed by atoms with Crippen molar-refractivity contribution in [2.24, 2.45) is 10.9 Å². The summed E-state index contributed by atoms with van der Waals surface area (Å²) in [5, 5.41) is 6.99. The molecule has 1 saturated carbocycles. The van der Waals surface area contributed by atoms with Gasteiger partial charge in [0, 0.05) is 18.8 Å². The van der Waals surface area contributed by atoms with Crippen LogP contribution in [0.25, 0.3) is 0 Å². The van der Waals surface area contributed by atoms with Crippen LogP contribution < -0.4 is 10.6 Å². The fourth-order valence-electron chi connectivity index (χ4n) is 3.14. The third-order valence-electron chi connectivity index (χ3n) is 4.55. The van der Waals surface area contributed by atoms with Crippen molar-refractivity contribution >= 4 is 5.96 Å². The van der Waals surface area contributed by atoms with E-state index in [1.54, 1.807) is 0 Å². The molecule has 1 aliphatic carbocycles. The Morgan fingerprint density at radius 1 is 1.36 bits per heavy atom. The Morgan fingerprint density at radius 3 is 2.95 bits per heavy atom. The van der Waals surface area contributed by atoms with Gasteiger partial charge in [0.2, 0.25) is 0 Å². The van der Waals surface area contributed by atoms with Crippen molar-refractivity contribution in [1.82, 2.24) is 15.6 Å². The largest absolute Gasteiger partial charge is 0.357 e. The summed E-state index contributed by atoms with van der Waals surface area (Å²) >= 11 is 0. The van der Waals surface area contributed by atoms with Gasteiger partial charge in [0.15, 0.2) is 5.96 Å². The van der Waals surface area contributed by atoms with Crippen LogP contribution >= 0.6 is 0 Å². The van der Waals surface area contributed by atoms with Crippen LogP contribution in [0.2, 0.25) is 0 Å². The summed E-state index contributed by atoms with van der Waals surface area (Å²) in [4.78, 5) is 9.14. The number of pyridine rings is 1. The zero-order valence-electron chi connectivity index (χ0n) is 14.2. The number of guanidine groups is 1. The second-order valence-electron chi connectivity index (χ2n) is 6.24. The molecule has 2 N–H and O–H groups in total. The van der Waals surface area contributed by atoms with Crippen LogP contribution in [0.4, 0.5) is 0 Å². The van der Waals surface area contributed by atoms with Crippen molar-refractivity contribution in [2.75, 3.05) is 6.54 Å². The van der Waals surface area contributed by atoms with E-state index in [9.17, 15) is 0 Å². The summed E-state index contributed by atoms with van der Waals surface area (Å²) in [6.45, 7) is 8.02. The number of aliphatic imine (C=N–C) groups is 1. The average Bonchev–Trinajstić information content (AvgIpc) is 2.54. The molecule has 2 atom stereocenters. The second-order valence-corrected chi connectivity index (χ2v) is 6.24. The standard InChI is InChI=1S/C18H30N4/c1-4-15-9-6-10-16(12-15)22-18(19-5-2)21-13-17-14(3)8-7-11-20-17/h7-8,11,15-16H,4-6,9-10,12-13H2,1-3H3,(H2,19,21,22). The maximum atomic E-state index is 4.72. The zero-order chi connectivity index (χ0) is 15.8. The highest BCUT2D eigenvalue weighted by Gasteiger charge is 2.21. The van der Waals surface area contributed by atoms with E-state index >= 15 is 0 Å². The minimum absolute atomic E-state index is 0.557. The summed E-state index contributed by atoms with van der Waals surface area (Å²) in [7, 11) is 0. The van der Waals surface area contributed by atoms with Crippen molar-refractivity contribution in [1.29, 1.82) is 0 Å². The molecule has 0 amide bonds. The first-order chi connectivity index (χ1) is 10.7. The van der Waals surface area contributed by atoms with Gasteiger partial charge in [-0.1, -0.05) is 32.3 Å². The van der Waals surface area contributed by atoms with Crippen LogP contribution in [-0.4, -0.2) is 23.5 Å². The Morgan fingerprint density at radius 2 is 2.23 bits per heavy atom. The Hall–Kier alpha value is -1.58. The third kappa shape index (κ3) is 5.00. The minimum Gasteiger partial charge on any atom is -0.357 e. The van der Waals surface area contributed by atoms with E-state index in [0.717, 1.165) is 24.1 Å². The lowest BCUT2D eigenvalue weighted by atomic mass is 9.84.